The van der Waals surface area contributed by atoms with Gasteiger partial charge in [-0.15, -0.1) is 0 Å². The van der Waals surface area contributed by atoms with Crippen molar-refractivity contribution < 1.29 is 14.3 Å². The molecule has 162 valence electrons. The van der Waals surface area contributed by atoms with Crippen molar-refractivity contribution in [1.29, 1.82) is 0 Å². The second kappa shape index (κ2) is 7.96. The number of hydrogen-bond acceptors (Lipinski definition) is 4. The first-order chi connectivity index (χ1) is 15.6. The van der Waals surface area contributed by atoms with Crippen molar-refractivity contribution in [2.24, 2.45) is 0 Å². The summed E-state index contributed by atoms with van der Waals surface area (Å²) in [5.74, 6) is 1.40. The van der Waals surface area contributed by atoms with Gasteiger partial charge in [0, 0.05) is 29.7 Å². The lowest BCUT2D eigenvalue weighted by Gasteiger charge is -2.29. The fourth-order valence-electron chi connectivity index (χ4n) is 4.33. The van der Waals surface area contributed by atoms with Crippen LogP contribution in [-0.2, 0) is 13.0 Å². The zero-order chi connectivity index (χ0) is 22.2. The Morgan fingerprint density at radius 3 is 2.31 bits per heavy atom. The number of nitrogen functional groups attached to an aromatic ring is 1. The maximum atomic E-state index is 13.3. The Bertz CT molecular complexity index is 1310. The summed E-state index contributed by atoms with van der Waals surface area (Å²) in [5, 5.41) is 1.01. The first-order valence-electron chi connectivity index (χ1n) is 10.6. The van der Waals surface area contributed by atoms with E-state index in [4.69, 9.17) is 15.2 Å². The molecule has 32 heavy (non-hydrogen) atoms. The van der Waals surface area contributed by atoms with Crippen LogP contribution < -0.4 is 15.2 Å². The van der Waals surface area contributed by atoms with Gasteiger partial charge in [0.15, 0.2) is 11.5 Å². The highest BCUT2D eigenvalue weighted by Gasteiger charge is 2.24. The monoisotopic (exact) mass is 427 g/mol. The minimum Gasteiger partial charge on any atom is -0.493 e. The van der Waals surface area contributed by atoms with Crippen LogP contribution in [0.3, 0.4) is 0 Å². The van der Waals surface area contributed by atoms with Gasteiger partial charge in [-0.1, -0.05) is 18.2 Å². The van der Waals surface area contributed by atoms with Crippen molar-refractivity contribution in [2.45, 2.75) is 13.0 Å². The quantitative estimate of drug-likeness (QED) is 0.465. The van der Waals surface area contributed by atoms with Crippen molar-refractivity contribution in [1.82, 2.24) is 9.88 Å². The second-order valence-electron chi connectivity index (χ2n) is 8.06. The summed E-state index contributed by atoms with van der Waals surface area (Å²) in [7, 11) is 3.26. The number of nitrogens with one attached hydrogen (secondary N) is 1. The van der Waals surface area contributed by atoms with Gasteiger partial charge in [-0.05, 0) is 71.1 Å². The van der Waals surface area contributed by atoms with Crippen LogP contribution in [0.2, 0.25) is 0 Å². The predicted molar refractivity (Wildman–Crippen MR) is 126 cm³/mol. The number of carbonyl (C=O) groups is 1. The van der Waals surface area contributed by atoms with Crippen molar-refractivity contribution in [2.75, 3.05) is 26.5 Å². The summed E-state index contributed by atoms with van der Waals surface area (Å²) in [4.78, 5) is 18.4. The average molecular weight is 428 g/mol. The van der Waals surface area contributed by atoms with Gasteiger partial charge >= 0.3 is 0 Å². The number of carbonyl (C=O) groups excluding carboxylic acids is 1. The lowest BCUT2D eigenvalue weighted by Crippen LogP contribution is -2.36. The molecule has 3 aromatic carbocycles. The molecule has 1 aromatic heterocycles. The topological polar surface area (TPSA) is 80.6 Å². The number of rotatable bonds is 4. The number of methoxy groups -OCH3 is 2. The maximum Gasteiger partial charge on any atom is 0.270 e. The van der Waals surface area contributed by atoms with E-state index in [9.17, 15) is 4.79 Å². The number of aromatic nitrogens is 1. The molecule has 4 aromatic rings. The second-order valence-corrected chi connectivity index (χ2v) is 8.06. The molecule has 0 aliphatic carbocycles. The van der Waals surface area contributed by atoms with E-state index in [0.717, 1.165) is 45.5 Å². The zero-order valence-electron chi connectivity index (χ0n) is 18.1. The summed E-state index contributed by atoms with van der Waals surface area (Å²) in [6.07, 6.45) is 0.781. The normalized spacial score (nSPS) is 13.1. The Morgan fingerprint density at radius 1 is 0.906 bits per heavy atom. The minimum absolute atomic E-state index is 0.00401. The van der Waals surface area contributed by atoms with Crippen LogP contribution in [0.15, 0.2) is 60.7 Å². The van der Waals surface area contributed by atoms with E-state index in [2.05, 4.69) is 17.1 Å². The number of ether oxygens (including phenoxy) is 2. The SMILES string of the molecule is COc1cc2c(cc1OC)CN(C(=O)c1cc3cc(-c4ccc(N)cc4)ccc3[nH]1)CC2. The van der Waals surface area contributed by atoms with Crippen LogP contribution in [0.4, 0.5) is 5.69 Å². The van der Waals surface area contributed by atoms with Crippen molar-refractivity contribution in [3.05, 3.63) is 77.5 Å². The molecule has 3 N–H and O–H groups in total. The number of hydrogen-bond donors (Lipinski definition) is 2. The largest absolute Gasteiger partial charge is 0.493 e. The molecule has 0 bridgehead atoms. The van der Waals surface area contributed by atoms with E-state index in [1.54, 1.807) is 14.2 Å². The molecule has 0 spiro atoms. The van der Waals surface area contributed by atoms with Gasteiger partial charge in [0.25, 0.3) is 5.91 Å². The van der Waals surface area contributed by atoms with E-state index in [0.29, 0.717) is 24.5 Å². The lowest BCUT2D eigenvalue weighted by molar-refractivity contribution is 0.0729. The summed E-state index contributed by atoms with van der Waals surface area (Å²) in [6, 6.07) is 19.9. The summed E-state index contributed by atoms with van der Waals surface area (Å²) in [5.41, 5.74) is 12.5. The highest BCUT2D eigenvalue weighted by Crippen LogP contribution is 2.34. The molecule has 6 nitrogen and oxygen atoms in total. The van der Waals surface area contributed by atoms with Crippen LogP contribution in [0, 0.1) is 0 Å². The minimum atomic E-state index is -0.00401. The molecule has 6 heteroatoms. The number of nitrogens with zero attached hydrogens (tertiary/aromatic N) is 1. The number of H-pyrrole nitrogens is 1. The zero-order valence-corrected chi connectivity index (χ0v) is 18.1. The fourth-order valence-corrected chi connectivity index (χ4v) is 4.33. The van der Waals surface area contributed by atoms with E-state index in [1.165, 1.54) is 5.56 Å². The molecule has 0 atom stereocenters. The van der Waals surface area contributed by atoms with Gasteiger partial charge in [0.05, 0.1) is 14.2 Å². The smallest absolute Gasteiger partial charge is 0.270 e. The van der Waals surface area contributed by atoms with Gasteiger partial charge in [0.2, 0.25) is 0 Å². The molecule has 0 fully saturated rings. The molecule has 0 unspecified atom stereocenters. The van der Waals surface area contributed by atoms with Gasteiger partial charge < -0.3 is 25.1 Å². The number of amides is 1. The van der Waals surface area contributed by atoms with Crippen molar-refractivity contribution >= 4 is 22.5 Å². The number of nitrogens with two attached hydrogens (primary N) is 1. The molecule has 1 aliphatic heterocycles. The standard InChI is InChI=1S/C26H25N3O3/c1-31-24-13-18-9-10-29(15-20(18)14-25(24)32-2)26(30)23-12-19-11-17(5-8-22(19)28-23)16-3-6-21(27)7-4-16/h3-8,11-14,28H,9-10,15,27H2,1-2H3. The fraction of sp³-hybridized carbons (Fsp3) is 0.192. The van der Waals surface area contributed by atoms with Gasteiger partial charge in [-0.25, -0.2) is 0 Å². The Kier molecular flexibility index (Phi) is 4.98. The number of anilines is 1. The molecule has 0 saturated heterocycles. The van der Waals surface area contributed by atoms with E-state index < -0.39 is 0 Å². The summed E-state index contributed by atoms with van der Waals surface area (Å²) >= 11 is 0. The Labute approximate surface area is 186 Å². The van der Waals surface area contributed by atoms with Crippen LogP contribution in [0.5, 0.6) is 11.5 Å². The van der Waals surface area contributed by atoms with Crippen LogP contribution in [-0.4, -0.2) is 36.6 Å². The van der Waals surface area contributed by atoms with Crippen molar-refractivity contribution in [3.63, 3.8) is 0 Å². The van der Waals surface area contributed by atoms with Crippen molar-refractivity contribution in [3.8, 4) is 22.6 Å². The Hall–Kier alpha value is -3.93. The van der Waals surface area contributed by atoms with Crippen LogP contribution in [0.1, 0.15) is 21.6 Å². The average Bonchev–Trinajstić information content (AvgIpc) is 3.26. The number of benzene rings is 3. The predicted octanol–water partition coefficient (Wildman–Crippen LogP) is 4.63. The number of aromatic amines is 1. The molecule has 5 rings (SSSR count). The lowest BCUT2D eigenvalue weighted by atomic mass is 9.98. The Balaban J connectivity index is 1.41. The molecular formula is C26H25N3O3. The molecular weight excluding hydrogens is 402 g/mol. The molecule has 1 aliphatic rings. The highest BCUT2D eigenvalue weighted by atomic mass is 16.5. The summed E-state index contributed by atoms with van der Waals surface area (Å²) in [6.45, 7) is 1.20. The highest BCUT2D eigenvalue weighted by molar-refractivity contribution is 5.99. The van der Waals surface area contributed by atoms with Crippen LogP contribution >= 0.6 is 0 Å². The third-order valence-electron chi connectivity index (χ3n) is 6.10. The van der Waals surface area contributed by atoms with E-state index in [1.807, 2.05) is 53.4 Å². The van der Waals surface area contributed by atoms with E-state index >= 15 is 0 Å². The molecule has 1 amide bonds. The van der Waals surface area contributed by atoms with Gasteiger partial charge in [-0.3, -0.25) is 4.79 Å². The van der Waals surface area contributed by atoms with Gasteiger partial charge in [-0.2, -0.15) is 0 Å². The van der Waals surface area contributed by atoms with E-state index in [-0.39, 0.29) is 5.91 Å². The molecule has 2 heterocycles. The Morgan fingerprint density at radius 2 is 1.59 bits per heavy atom. The van der Waals surface area contributed by atoms with Crippen LogP contribution in [0.25, 0.3) is 22.0 Å². The summed E-state index contributed by atoms with van der Waals surface area (Å²) < 4.78 is 10.8. The van der Waals surface area contributed by atoms with Gasteiger partial charge in [0.1, 0.15) is 5.69 Å². The first-order valence-corrected chi connectivity index (χ1v) is 10.6. The third-order valence-corrected chi connectivity index (χ3v) is 6.10. The maximum absolute atomic E-state index is 13.3. The third kappa shape index (κ3) is 3.54. The number of fused-ring (bicyclic) bond motifs is 2. The molecule has 0 radical (unpaired) electrons. The molecule has 0 saturated carbocycles. The first kappa shape index (κ1) is 20.0.